The minimum Gasteiger partial charge on any atom is -0.447 e. The molecule has 0 spiro atoms. The lowest BCUT2D eigenvalue weighted by Crippen LogP contribution is -2.27. The molecule has 3 rings (SSSR count). The number of nitrogens with zero attached hydrogens (tertiary/aromatic N) is 3. The molecule has 0 saturated carbocycles. The van der Waals surface area contributed by atoms with Crippen molar-refractivity contribution >= 4 is 34.8 Å². The number of carbonyl (C=O) groups is 1. The van der Waals surface area contributed by atoms with Crippen molar-refractivity contribution in [2.75, 3.05) is 30.0 Å². The van der Waals surface area contributed by atoms with E-state index in [4.69, 9.17) is 16.3 Å². The normalized spacial score (nSPS) is 13.7. The largest absolute Gasteiger partial charge is 0.447 e. The molecule has 1 fully saturated rings. The van der Waals surface area contributed by atoms with E-state index in [-0.39, 0.29) is 17.3 Å². The number of amides is 1. The van der Waals surface area contributed by atoms with Crippen LogP contribution in [0, 0.1) is 15.9 Å². The Morgan fingerprint density at radius 3 is 2.73 bits per heavy atom. The van der Waals surface area contributed by atoms with E-state index in [2.05, 4.69) is 0 Å². The predicted octanol–water partition coefficient (Wildman–Crippen LogP) is 3.98. The maximum atomic E-state index is 13.2. The summed E-state index contributed by atoms with van der Waals surface area (Å²) in [6.45, 7) is 0.847. The first-order valence-corrected chi connectivity index (χ1v) is 8.12. The van der Waals surface area contributed by atoms with E-state index < -0.39 is 16.8 Å². The van der Waals surface area contributed by atoms with E-state index in [9.17, 15) is 19.3 Å². The van der Waals surface area contributed by atoms with Gasteiger partial charge >= 0.3 is 6.09 Å². The highest BCUT2D eigenvalue weighted by molar-refractivity contribution is 6.31. The van der Waals surface area contributed by atoms with Crippen molar-refractivity contribution in [1.29, 1.82) is 0 Å². The third-order valence-electron chi connectivity index (χ3n) is 4.06. The van der Waals surface area contributed by atoms with Crippen LogP contribution in [0.5, 0.6) is 0 Å². The lowest BCUT2D eigenvalue weighted by atomic mass is 10.1. The smallest absolute Gasteiger partial charge is 0.414 e. The molecule has 136 valence electrons. The average molecular weight is 380 g/mol. The van der Waals surface area contributed by atoms with Crippen LogP contribution in [0.1, 0.15) is 5.56 Å². The summed E-state index contributed by atoms with van der Waals surface area (Å²) < 4.78 is 18.2. The van der Waals surface area contributed by atoms with Gasteiger partial charge in [0.1, 0.15) is 12.4 Å². The maximum Gasteiger partial charge on any atom is 0.414 e. The van der Waals surface area contributed by atoms with Gasteiger partial charge in [-0.2, -0.15) is 0 Å². The van der Waals surface area contributed by atoms with Gasteiger partial charge in [0.15, 0.2) is 0 Å². The highest BCUT2D eigenvalue weighted by Gasteiger charge is 2.28. The Hall–Kier alpha value is -2.87. The van der Waals surface area contributed by atoms with Gasteiger partial charge in [-0.3, -0.25) is 15.0 Å². The highest BCUT2D eigenvalue weighted by Crippen LogP contribution is 2.35. The summed E-state index contributed by atoms with van der Waals surface area (Å²) in [7, 11) is 1.76. The predicted molar refractivity (Wildman–Crippen MR) is 95.3 cm³/mol. The molecule has 1 amide bonds. The molecular formula is C17H15ClFN3O4. The van der Waals surface area contributed by atoms with Crippen LogP contribution < -0.4 is 9.80 Å². The fraction of sp³-hybridized carbons (Fsp3) is 0.235. The van der Waals surface area contributed by atoms with Crippen molar-refractivity contribution in [3.8, 4) is 0 Å². The fourth-order valence-corrected chi connectivity index (χ4v) is 2.99. The van der Waals surface area contributed by atoms with Crippen molar-refractivity contribution in [3.63, 3.8) is 0 Å². The van der Waals surface area contributed by atoms with E-state index in [1.165, 1.54) is 29.2 Å². The van der Waals surface area contributed by atoms with Crippen LogP contribution in [0.15, 0.2) is 36.4 Å². The number of nitro groups is 1. The van der Waals surface area contributed by atoms with Gasteiger partial charge in [-0.15, -0.1) is 0 Å². The van der Waals surface area contributed by atoms with Crippen molar-refractivity contribution in [1.82, 2.24) is 0 Å². The lowest BCUT2D eigenvalue weighted by molar-refractivity contribution is -0.384. The topological polar surface area (TPSA) is 75.9 Å². The van der Waals surface area contributed by atoms with Crippen molar-refractivity contribution in [2.24, 2.45) is 0 Å². The van der Waals surface area contributed by atoms with Gasteiger partial charge in [-0.25, -0.2) is 9.18 Å². The van der Waals surface area contributed by atoms with Crippen LogP contribution in [0.4, 0.5) is 26.2 Å². The molecule has 2 aromatic rings. The summed E-state index contributed by atoms with van der Waals surface area (Å²) in [6, 6.07) is 8.37. The third-order valence-corrected chi connectivity index (χ3v) is 4.41. The van der Waals surface area contributed by atoms with Gasteiger partial charge in [-0.1, -0.05) is 17.7 Å². The summed E-state index contributed by atoms with van der Waals surface area (Å²) in [4.78, 5) is 25.6. The first-order valence-electron chi connectivity index (χ1n) is 7.74. The minimum atomic E-state index is -0.556. The zero-order chi connectivity index (χ0) is 18.8. The Morgan fingerprint density at radius 2 is 2.12 bits per heavy atom. The standard InChI is InChI=1S/C17H15ClFN3O4/c1-20(10-11-2-3-12(19)8-14(11)18)15-5-4-13(22(24)25)9-16(15)21-6-7-26-17(21)23/h2-5,8-9H,6-7,10H2,1H3. The third kappa shape index (κ3) is 3.55. The summed E-state index contributed by atoms with van der Waals surface area (Å²) in [6.07, 6.45) is -0.556. The average Bonchev–Trinajstić information content (AvgIpc) is 3.02. The van der Waals surface area contributed by atoms with E-state index in [1.54, 1.807) is 24.1 Å². The zero-order valence-electron chi connectivity index (χ0n) is 13.8. The minimum absolute atomic E-state index is 0.128. The van der Waals surface area contributed by atoms with E-state index in [1.807, 2.05) is 0 Å². The molecule has 0 N–H and O–H groups in total. The second kappa shape index (κ2) is 7.17. The molecule has 9 heteroatoms. The van der Waals surface area contributed by atoms with Crippen LogP contribution in [0.3, 0.4) is 0 Å². The van der Waals surface area contributed by atoms with Crippen LogP contribution >= 0.6 is 11.6 Å². The summed E-state index contributed by atoms with van der Waals surface area (Å²) >= 11 is 6.08. The highest BCUT2D eigenvalue weighted by atomic mass is 35.5. The first kappa shape index (κ1) is 17.9. The molecule has 0 radical (unpaired) electrons. The second-order valence-corrected chi connectivity index (χ2v) is 6.20. The molecule has 1 heterocycles. The number of rotatable bonds is 5. The molecule has 1 saturated heterocycles. The second-order valence-electron chi connectivity index (χ2n) is 5.79. The number of nitro benzene ring substituents is 1. The number of benzene rings is 2. The number of cyclic esters (lactones) is 1. The van der Waals surface area contributed by atoms with Gasteiger partial charge in [-0.05, 0) is 23.8 Å². The molecule has 1 aliphatic rings. The summed E-state index contributed by atoms with van der Waals surface area (Å²) in [5.74, 6) is -0.433. The molecule has 2 aromatic carbocycles. The Morgan fingerprint density at radius 1 is 1.35 bits per heavy atom. The monoisotopic (exact) mass is 379 g/mol. The molecule has 0 aromatic heterocycles. The van der Waals surface area contributed by atoms with Gasteiger partial charge in [0, 0.05) is 30.7 Å². The SMILES string of the molecule is CN(Cc1ccc(F)cc1Cl)c1ccc([N+](=O)[O-])cc1N1CCOC1=O. The lowest BCUT2D eigenvalue weighted by Gasteiger charge is -2.25. The van der Waals surface area contributed by atoms with Crippen LogP contribution in [-0.2, 0) is 11.3 Å². The van der Waals surface area contributed by atoms with Gasteiger partial charge in [0.05, 0.1) is 22.8 Å². The van der Waals surface area contributed by atoms with Gasteiger partial charge < -0.3 is 9.64 Å². The first-order chi connectivity index (χ1) is 12.4. The molecular weight excluding hydrogens is 365 g/mol. The number of hydrogen-bond donors (Lipinski definition) is 0. The van der Waals surface area contributed by atoms with E-state index in [0.717, 1.165) is 0 Å². The van der Waals surface area contributed by atoms with Crippen molar-refractivity contribution in [3.05, 3.63) is 62.9 Å². The number of carbonyl (C=O) groups excluding carboxylic acids is 1. The molecule has 1 aliphatic heterocycles. The van der Waals surface area contributed by atoms with E-state index >= 15 is 0 Å². The van der Waals surface area contributed by atoms with Gasteiger partial charge in [0.25, 0.3) is 5.69 Å². The molecule has 0 bridgehead atoms. The number of anilines is 2. The number of hydrogen-bond acceptors (Lipinski definition) is 5. The van der Waals surface area contributed by atoms with Crippen LogP contribution in [0.2, 0.25) is 5.02 Å². The van der Waals surface area contributed by atoms with Crippen molar-refractivity contribution < 1.29 is 18.8 Å². The fourth-order valence-electron chi connectivity index (χ4n) is 2.77. The molecule has 0 unspecified atom stereocenters. The maximum absolute atomic E-state index is 13.2. The summed E-state index contributed by atoms with van der Waals surface area (Å²) in [5, 5.41) is 11.4. The molecule has 0 atom stereocenters. The number of non-ortho nitro benzene ring substituents is 1. The molecule has 0 aliphatic carbocycles. The Labute approximate surface area is 153 Å². The number of ether oxygens (including phenoxy) is 1. The molecule has 26 heavy (non-hydrogen) atoms. The Balaban J connectivity index is 1.97. The zero-order valence-corrected chi connectivity index (χ0v) is 14.6. The number of halogens is 2. The van der Waals surface area contributed by atoms with Crippen LogP contribution in [-0.4, -0.2) is 31.2 Å². The summed E-state index contributed by atoms with van der Waals surface area (Å²) in [5.41, 5.74) is 1.53. The van der Waals surface area contributed by atoms with Gasteiger partial charge in [0.2, 0.25) is 0 Å². The quantitative estimate of drug-likeness (QED) is 0.580. The Kier molecular flexibility index (Phi) is 4.94. The van der Waals surface area contributed by atoms with Crippen LogP contribution in [0.25, 0.3) is 0 Å². The van der Waals surface area contributed by atoms with E-state index in [0.29, 0.717) is 30.0 Å². The Bertz CT molecular complexity index is 877. The molecule has 7 nitrogen and oxygen atoms in total. The van der Waals surface area contributed by atoms with Crippen molar-refractivity contribution in [2.45, 2.75) is 6.54 Å².